The number of hydrogen-bond donors (Lipinski definition) is 1. The Labute approximate surface area is 155 Å². The van der Waals surface area contributed by atoms with Crippen LogP contribution >= 0.6 is 0 Å². The lowest BCUT2D eigenvalue weighted by molar-refractivity contribution is -0.135. The van der Waals surface area contributed by atoms with E-state index in [9.17, 15) is 9.90 Å². The summed E-state index contributed by atoms with van der Waals surface area (Å²) in [7, 11) is 0. The minimum absolute atomic E-state index is 0.0117. The van der Waals surface area contributed by atoms with Crippen molar-refractivity contribution in [3.63, 3.8) is 0 Å². The first kappa shape index (κ1) is 18.5. The first-order chi connectivity index (χ1) is 12.5. The van der Waals surface area contributed by atoms with Crippen molar-refractivity contribution in [1.29, 1.82) is 0 Å². The van der Waals surface area contributed by atoms with Crippen LogP contribution in [0, 0.1) is 19.8 Å². The maximum Gasteiger partial charge on any atom is 0.260 e. The van der Waals surface area contributed by atoms with Crippen LogP contribution in [0.1, 0.15) is 35.6 Å². The molecule has 0 aromatic heterocycles. The number of aryl methyl sites for hydroxylation is 2. The zero-order chi connectivity index (χ0) is 18.5. The van der Waals surface area contributed by atoms with E-state index >= 15 is 0 Å². The molecule has 1 aliphatic heterocycles. The Hall–Kier alpha value is -2.33. The number of benzene rings is 2. The van der Waals surface area contributed by atoms with Crippen molar-refractivity contribution >= 4 is 5.91 Å². The summed E-state index contributed by atoms with van der Waals surface area (Å²) in [5, 5.41) is 10.5. The van der Waals surface area contributed by atoms with E-state index in [-0.39, 0.29) is 18.4 Å². The molecule has 0 spiro atoms. The molecular formula is C22H27NO3. The lowest BCUT2D eigenvalue weighted by atomic mass is 9.87. The van der Waals surface area contributed by atoms with Crippen LogP contribution in [-0.4, -0.2) is 35.6 Å². The van der Waals surface area contributed by atoms with Crippen LogP contribution in [0.3, 0.4) is 0 Å². The maximum absolute atomic E-state index is 12.4. The highest BCUT2D eigenvalue weighted by Crippen LogP contribution is 2.30. The highest BCUT2D eigenvalue weighted by molar-refractivity contribution is 5.77. The molecule has 3 rings (SSSR count). The molecule has 2 aromatic carbocycles. The van der Waals surface area contributed by atoms with Gasteiger partial charge in [0, 0.05) is 13.1 Å². The van der Waals surface area contributed by atoms with E-state index in [1.165, 1.54) is 5.56 Å². The molecule has 0 radical (unpaired) electrons. The van der Waals surface area contributed by atoms with Crippen molar-refractivity contribution < 1.29 is 14.6 Å². The molecule has 26 heavy (non-hydrogen) atoms. The lowest BCUT2D eigenvalue weighted by Crippen LogP contribution is -2.42. The Morgan fingerprint density at radius 3 is 2.50 bits per heavy atom. The number of nitrogens with zero attached hydrogens (tertiary/aromatic N) is 1. The predicted molar refractivity (Wildman–Crippen MR) is 102 cm³/mol. The van der Waals surface area contributed by atoms with Gasteiger partial charge in [-0.25, -0.2) is 0 Å². The van der Waals surface area contributed by atoms with Gasteiger partial charge in [0.1, 0.15) is 5.75 Å². The van der Waals surface area contributed by atoms with Crippen LogP contribution in [0.4, 0.5) is 0 Å². The van der Waals surface area contributed by atoms with E-state index < -0.39 is 6.10 Å². The molecule has 1 aliphatic rings. The van der Waals surface area contributed by atoms with Gasteiger partial charge >= 0.3 is 0 Å². The minimum Gasteiger partial charge on any atom is -0.484 e. The van der Waals surface area contributed by atoms with Gasteiger partial charge in [0.05, 0.1) is 6.10 Å². The molecule has 4 heteroatoms. The highest BCUT2D eigenvalue weighted by Gasteiger charge is 2.28. The average Bonchev–Trinajstić information content (AvgIpc) is 2.67. The molecule has 1 amide bonds. The fraction of sp³-hybridized carbons (Fsp3) is 0.409. The van der Waals surface area contributed by atoms with Crippen molar-refractivity contribution in [2.45, 2.75) is 32.8 Å². The molecule has 1 heterocycles. The van der Waals surface area contributed by atoms with Crippen molar-refractivity contribution in [2.75, 3.05) is 19.7 Å². The quantitative estimate of drug-likeness (QED) is 0.892. The van der Waals surface area contributed by atoms with Gasteiger partial charge in [0.2, 0.25) is 0 Å². The van der Waals surface area contributed by atoms with E-state index in [2.05, 4.69) is 6.07 Å². The number of carbonyl (C=O) groups excluding carboxylic acids is 1. The number of aliphatic hydroxyl groups is 1. The second-order valence-corrected chi connectivity index (χ2v) is 7.13. The zero-order valence-corrected chi connectivity index (χ0v) is 15.5. The van der Waals surface area contributed by atoms with Crippen LogP contribution in [0.5, 0.6) is 5.75 Å². The summed E-state index contributed by atoms with van der Waals surface area (Å²) >= 11 is 0. The van der Waals surface area contributed by atoms with Gasteiger partial charge in [-0.05, 0) is 49.8 Å². The Bertz CT molecular complexity index is 736. The van der Waals surface area contributed by atoms with Gasteiger partial charge in [-0.3, -0.25) is 4.79 Å². The minimum atomic E-state index is -0.458. The lowest BCUT2D eigenvalue weighted by Gasteiger charge is -2.34. The molecule has 2 aromatic rings. The van der Waals surface area contributed by atoms with Crippen molar-refractivity contribution in [3.05, 3.63) is 65.2 Å². The SMILES string of the molecule is Cc1ccc(OCC(=O)N2CCC(C(O)c3ccccc3)CC2)c(C)c1. The molecule has 1 fully saturated rings. The standard InChI is InChI=1S/C22H27NO3/c1-16-8-9-20(17(2)14-16)26-15-21(24)23-12-10-19(11-13-23)22(25)18-6-4-3-5-7-18/h3-9,14,19,22,25H,10-13,15H2,1-2H3. The third kappa shape index (κ3) is 4.44. The summed E-state index contributed by atoms with van der Waals surface area (Å²) in [6.07, 6.45) is 1.16. The number of hydrogen-bond acceptors (Lipinski definition) is 3. The number of amides is 1. The molecule has 4 nitrogen and oxygen atoms in total. The van der Waals surface area contributed by atoms with Crippen LogP contribution < -0.4 is 4.74 Å². The number of ether oxygens (including phenoxy) is 1. The van der Waals surface area contributed by atoms with Gasteiger partial charge in [-0.2, -0.15) is 0 Å². The van der Waals surface area contributed by atoms with Crippen LogP contribution in [0.25, 0.3) is 0 Å². The summed E-state index contributed by atoms with van der Waals surface area (Å²) in [5.74, 6) is 0.970. The topological polar surface area (TPSA) is 49.8 Å². The highest BCUT2D eigenvalue weighted by atomic mass is 16.5. The number of aliphatic hydroxyl groups excluding tert-OH is 1. The fourth-order valence-electron chi connectivity index (χ4n) is 3.58. The van der Waals surface area contributed by atoms with Gasteiger partial charge in [0.15, 0.2) is 6.61 Å². The summed E-state index contributed by atoms with van der Waals surface area (Å²) in [6, 6.07) is 15.7. The zero-order valence-electron chi connectivity index (χ0n) is 15.5. The third-order valence-electron chi connectivity index (χ3n) is 5.16. The normalized spacial score (nSPS) is 16.3. The Balaban J connectivity index is 1.49. The molecule has 1 N–H and O–H groups in total. The first-order valence-corrected chi connectivity index (χ1v) is 9.25. The van der Waals surface area contributed by atoms with Crippen molar-refractivity contribution in [2.24, 2.45) is 5.92 Å². The number of carbonyl (C=O) groups is 1. The largest absolute Gasteiger partial charge is 0.484 e. The van der Waals surface area contributed by atoms with Gasteiger partial charge < -0.3 is 14.7 Å². The Morgan fingerprint density at radius 2 is 1.85 bits per heavy atom. The second kappa shape index (κ2) is 8.37. The fourth-order valence-corrected chi connectivity index (χ4v) is 3.58. The summed E-state index contributed by atoms with van der Waals surface area (Å²) in [5.41, 5.74) is 3.18. The van der Waals surface area contributed by atoms with E-state index in [0.717, 1.165) is 29.7 Å². The van der Waals surface area contributed by atoms with Crippen LogP contribution in [-0.2, 0) is 4.79 Å². The molecule has 138 valence electrons. The van der Waals surface area contributed by atoms with E-state index in [1.807, 2.05) is 61.2 Å². The molecule has 1 unspecified atom stereocenters. The number of piperidine rings is 1. The van der Waals surface area contributed by atoms with Gasteiger partial charge in [-0.1, -0.05) is 48.0 Å². The monoisotopic (exact) mass is 353 g/mol. The summed E-state index contributed by atoms with van der Waals surface area (Å²) in [6.45, 7) is 5.43. The summed E-state index contributed by atoms with van der Waals surface area (Å²) < 4.78 is 5.71. The van der Waals surface area contributed by atoms with Crippen molar-refractivity contribution in [1.82, 2.24) is 4.90 Å². The summed E-state index contributed by atoms with van der Waals surface area (Å²) in [4.78, 5) is 14.3. The van der Waals surface area contributed by atoms with Crippen molar-refractivity contribution in [3.8, 4) is 5.75 Å². The predicted octanol–water partition coefficient (Wildman–Crippen LogP) is 3.65. The smallest absolute Gasteiger partial charge is 0.260 e. The Morgan fingerprint density at radius 1 is 1.15 bits per heavy atom. The number of rotatable bonds is 5. The molecule has 1 atom stereocenters. The Kier molecular flexibility index (Phi) is 5.94. The second-order valence-electron chi connectivity index (χ2n) is 7.13. The molecule has 1 saturated heterocycles. The van der Waals surface area contributed by atoms with E-state index in [4.69, 9.17) is 4.74 Å². The van der Waals surface area contributed by atoms with Crippen LogP contribution in [0.15, 0.2) is 48.5 Å². The maximum atomic E-state index is 12.4. The third-order valence-corrected chi connectivity index (χ3v) is 5.16. The molecular weight excluding hydrogens is 326 g/mol. The van der Waals surface area contributed by atoms with Gasteiger partial charge in [-0.15, -0.1) is 0 Å². The first-order valence-electron chi connectivity index (χ1n) is 9.25. The number of likely N-dealkylation sites (tertiary alicyclic amines) is 1. The molecule has 0 aliphatic carbocycles. The molecule has 0 saturated carbocycles. The van der Waals surface area contributed by atoms with E-state index in [1.54, 1.807) is 0 Å². The molecule has 0 bridgehead atoms. The van der Waals surface area contributed by atoms with Gasteiger partial charge in [0.25, 0.3) is 5.91 Å². The van der Waals surface area contributed by atoms with E-state index in [0.29, 0.717) is 13.1 Å². The van der Waals surface area contributed by atoms with Crippen LogP contribution in [0.2, 0.25) is 0 Å². The average molecular weight is 353 g/mol.